The summed E-state index contributed by atoms with van der Waals surface area (Å²) >= 11 is 0. The average Bonchev–Trinajstić information content (AvgIpc) is 2.56. The summed E-state index contributed by atoms with van der Waals surface area (Å²) in [5.74, 6) is 0. The monoisotopic (exact) mass is 297 g/mol. The summed E-state index contributed by atoms with van der Waals surface area (Å²) < 4.78 is 0. The molecule has 1 heteroatoms. The average molecular weight is 297 g/mol. The Hall–Kier alpha value is -1.50. The number of anilines is 1. The number of hydrogen-bond donors (Lipinski definition) is 1. The molecule has 0 heterocycles. The third-order valence-electron chi connectivity index (χ3n) is 4.51. The van der Waals surface area contributed by atoms with Crippen LogP contribution in [0, 0.1) is 0 Å². The van der Waals surface area contributed by atoms with Crippen LogP contribution < -0.4 is 5.32 Å². The highest BCUT2D eigenvalue weighted by molar-refractivity contribution is 5.94. The molecule has 0 unspecified atom stereocenters. The standard InChI is InChI=1S/C21H31N/c1-3-4-5-6-7-8-9-10-13-18-16-19-14-11-12-15-20(19)21(17-18)22-2/h11-12,14-17,22H,3-10,13H2,1-2H3. The van der Waals surface area contributed by atoms with Gasteiger partial charge in [0.05, 0.1) is 0 Å². The summed E-state index contributed by atoms with van der Waals surface area (Å²) in [6, 6.07) is 13.3. The molecule has 2 aromatic rings. The van der Waals surface area contributed by atoms with Crippen LogP contribution in [0.5, 0.6) is 0 Å². The quantitative estimate of drug-likeness (QED) is 0.489. The lowest BCUT2D eigenvalue weighted by Gasteiger charge is -2.10. The number of nitrogens with one attached hydrogen (secondary N) is 1. The number of aryl methyl sites for hydroxylation is 1. The van der Waals surface area contributed by atoms with Gasteiger partial charge in [0.25, 0.3) is 0 Å². The molecular formula is C21H31N. The van der Waals surface area contributed by atoms with Crippen LogP contribution in [0.15, 0.2) is 36.4 Å². The molecule has 0 radical (unpaired) electrons. The second kappa shape index (κ2) is 9.50. The molecule has 0 amide bonds. The topological polar surface area (TPSA) is 12.0 Å². The lowest BCUT2D eigenvalue weighted by atomic mass is 10.00. The van der Waals surface area contributed by atoms with E-state index < -0.39 is 0 Å². The Balaban J connectivity index is 1.79. The van der Waals surface area contributed by atoms with E-state index in [1.165, 1.54) is 79.8 Å². The number of fused-ring (bicyclic) bond motifs is 1. The van der Waals surface area contributed by atoms with E-state index in [9.17, 15) is 0 Å². The van der Waals surface area contributed by atoms with E-state index in [0.717, 1.165) is 0 Å². The van der Waals surface area contributed by atoms with E-state index in [4.69, 9.17) is 0 Å². The van der Waals surface area contributed by atoms with Gasteiger partial charge in [-0.05, 0) is 29.9 Å². The molecule has 0 aliphatic heterocycles. The number of hydrogen-bond acceptors (Lipinski definition) is 1. The van der Waals surface area contributed by atoms with Crippen LogP contribution in [0.1, 0.15) is 63.9 Å². The Labute approximate surface area is 136 Å². The summed E-state index contributed by atoms with van der Waals surface area (Å²) in [6.45, 7) is 2.28. The predicted octanol–water partition coefficient (Wildman–Crippen LogP) is 6.56. The molecule has 0 bridgehead atoms. The maximum Gasteiger partial charge on any atom is 0.0420 e. The summed E-state index contributed by atoms with van der Waals surface area (Å²) in [6.07, 6.45) is 12.3. The van der Waals surface area contributed by atoms with Crippen molar-refractivity contribution in [3.8, 4) is 0 Å². The maximum atomic E-state index is 3.34. The van der Waals surface area contributed by atoms with Gasteiger partial charge in [-0.2, -0.15) is 0 Å². The van der Waals surface area contributed by atoms with Crippen LogP contribution in [0.4, 0.5) is 5.69 Å². The number of rotatable bonds is 10. The first kappa shape index (κ1) is 16.9. The fourth-order valence-electron chi connectivity index (χ4n) is 3.19. The molecule has 22 heavy (non-hydrogen) atoms. The van der Waals surface area contributed by atoms with Gasteiger partial charge in [-0.1, -0.05) is 82.2 Å². The third-order valence-corrected chi connectivity index (χ3v) is 4.51. The van der Waals surface area contributed by atoms with Gasteiger partial charge in [-0.3, -0.25) is 0 Å². The van der Waals surface area contributed by atoms with Gasteiger partial charge in [-0.15, -0.1) is 0 Å². The molecule has 0 fully saturated rings. The van der Waals surface area contributed by atoms with E-state index in [-0.39, 0.29) is 0 Å². The van der Waals surface area contributed by atoms with Crippen molar-refractivity contribution in [3.05, 3.63) is 42.0 Å². The highest BCUT2D eigenvalue weighted by Gasteiger charge is 2.02. The summed E-state index contributed by atoms with van der Waals surface area (Å²) in [4.78, 5) is 0. The van der Waals surface area contributed by atoms with Crippen LogP contribution in [0.3, 0.4) is 0 Å². The van der Waals surface area contributed by atoms with Crippen LogP contribution >= 0.6 is 0 Å². The summed E-state index contributed by atoms with van der Waals surface area (Å²) in [5, 5.41) is 6.02. The first-order valence-corrected chi connectivity index (χ1v) is 9.04. The second-order valence-corrected chi connectivity index (χ2v) is 6.34. The molecule has 0 saturated heterocycles. The minimum absolute atomic E-state index is 1.20. The van der Waals surface area contributed by atoms with Crippen LogP contribution in [-0.2, 0) is 6.42 Å². The molecule has 0 aliphatic carbocycles. The normalized spacial score (nSPS) is 11.0. The van der Waals surface area contributed by atoms with Crippen molar-refractivity contribution in [2.24, 2.45) is 0 Å². The molecular weight excluding hydrogens is 266 g/mol. The zero-order chi connectivity index (χ0) is 15.6. The van der Waals surface area contributed by atoms with Crippen LogP contribution in [0.2, 0.25) is 0 Å². The predicted molar refractivity (Wildman–Crippen MR) is 99.8 cm³/mol. The number of benzene rings is 2. The van der Waals surface area contributed by atoms with Crippen molar-refractivity contribution in [2.75, 3.05) is 12.4 Å². The van der Waals surface area contributed by atoms with E-state index in [2.05, 4.69) is 48.6 Å². The van der Waals surface area contributed by atoms with Crippen molar-refractivity contribution in [1.82, 2.24) is 0 Å². The van der Waals surface area contributed by atoms with Gasteiger partial charge >= 0.3 is 0 Å². The van der Waals surface area contributed by atoms with Gasteiger partial charge < -0.3 is 5.32 Å². The maximum absolute atomic E-state index is 3.34. The molecule has 0 saturated carbocycles. The Morgan fingerprint density at radius 2 is 1.50 bits per heavy atom. The Morgan fingerprint density at radius 3 is 2.23 bits per heavy atom. The van der Waals surface area contributed by atoms with Crippen molar-refractivity contribution < 1.29 is 0 Å². The lowest BCUT2D eigenvalue weighted by molar-refractivity contribution is 0.575. The first-order valence-electron chi connectivity index (χ1n) is 9.04. The zero-order valence-electron chi connectivity index (χ0n) is 14.3. The van der Waals surface area contributed by atoms with Crippen molar-refractivity contribution in [3.63, 3.8) is 0 Å². The van der Waals surface area contributed by atoms with Crippen molar-refractivity contribution in [1.29, 1.82) is 0 Å². The van der Waals surface area contributed by atoms with Crippen molar-refractivity contribution in [2.45, 2.75) is 64.7 Å². The highest BCUT2D eigenvalue weighted by Crippen LogP contribution is 2.26. The minimum Gasteiger partial charge on any atom is -0.388 e. The molecule has 0 aliphatic rings. The summed E-state index contributed by atoms with van der Waals surface area (Å²) in [5.41, 5.74) is 2.72. The third kappa shape index (κ3) is 5.05. The largest absolute Gasteiger partial charge is 0.388 e. The lowest BCUT2D eigenvalue weighted by Crippen LogP contribution is -1.93. The van der Waals surface area contributed by atoms with E-state index in [0.29, 0.717) is 0 Å². The van der Waals surface area contributed by atoms with E-state index in [1.807, 2.05) is 7.05 Å². The molecule has 0 aromatic heterocycles. The highest BCUT2D eigenvalue weighted by atomic mass is 14.8. The van der Waals surface area contributed by atoms with Gasteiger partial charge in [0.1, 0.15) is 0 Å². The second-order valence-electron chi connectivity index (χ2n) is 6.34. The minimum atomic E-state index is 1.20. The molecule has 0 spiro atoms. The van der Waals surface area contributed by atoms with Crippen LogP contribution in [0.25, 0.3) is 10.8 Å². The molecule has 120 valence electrons. The van der Waals surface area contributed by atoms with Gasteiger partial charge in [0.15, 0.2) is 0 Å². The SMILES string of the molecule is CCCCCCCCCCc1cc(NC)c2ccccc2c1. The van der Waals surface area contributed by atoms with E-state index >= 15 is 0 Å². The molecule has 2 rings (SSSR count). The van der Waals surface area contributed by atoms with Crippen molar-refractivity contribution >= 4 is 16.5 Å². The Kier molecular flexibility index (Phi) is 7.28. The molecule has 0 atom stereocenters. The van der Waals surface area contributed by atoms with Gasteiger partial charge in [0.2, 0.25) is 0 Å². The van der Waals surface area contributed by atoms with Gasteiger partial charge in [0, 0.05) is 18.1 Å². The first-order chi connectivity index (χ1) is 10.8. The fraction of sp³-hybridized carbons (Fsp3) is 0.524. The smallest absolute Gasteiger partial charge is 0.0420 e. The summed E-state index contributed by atoms with van der Waals surface area (Å²) in [7, 11) is 2.02. The van der Waals surface area contributed by atoms with E-state index in [1.54, 1.807) is 0 Å². The zero-order valence-corrected chi connectivity index (χ0v) is 14.3. The molecule has 1 N–H and O–H groups in total. The molecule has 2 aromatic carbocycles. The Bertz CT molecular complexity index is 559. The number of unbranched alkanes of at least 4 members (excludes halogenated alkanes) is 7. The van der Waals surface area contributed by atoms with Crippen LogP contribution in [-0.4, -0.2) is 7.05 Å². The molecule has 1 nitrogen and oxygen atoms in total. The fourth-order valence-corrected chi connectivity index (χ4v) is 3.19. The van der Waals surface area contributed by atoms with Gasteiger partial charge in [-0.25, -0.2) is 0 Å². The Morgan fingerprint density at radius 1 is 0.818 bits per heavy atom.